The standard InChI is InChI=1S/C19H19Cl3N2O/c1-12-9-13(20)10-23-18(12)3-2-4-19(25)24-8-7-14-15(11-24)17(22)6-5-16(14)21/h5-6,9-10H,2-4,7-8,11H2,1H3. The number of rotatable bonds is 4. The third-order valence-electron chi connectivity index (χ3n) is 4.61. The van der Waals surface area contributed by atoms with Gasteiger partial charge < -0.3 is 4.90 Å². The quantitative estimate of drug-likeness (QED) is 0.705. The summed E-state index contributed by atoms with van der Waals surface area (Å²) in [5, 5.41) is 2.05. The average molecular weight is 398 g/mol. The molecule has 0 saturated heterocycles. The maximum atomic E-state index is 12.5. The van der Waals surface area contributed by atoms with Crippen molar-refractivity contribution in [2.45, 2.75) is 39.2 Å². The van der Waals surface area contributed by atoms with Gasteiger partial charge >= 0.3 is 0 Å². The molecule has 0 saturated carbocycles. The Bertz CT molecular complexity index is 807. The molecule has 2 heterocycles. The van der Waals surface area contributed by atoms with Crippen LogP contribution in [0.25, 0.3) is 0 Å². The Balaban J connectivity index is 1.58. The number of hydrogen-bond acceptors (Lipinski definition) is 2. The number of benzene rings is 1. The van der Waals surface area contributed by atoms with Crippen molar-refractivity contribution in [3.63, 3.8) is 0 Å². The van der Waals surface area contributed by atoms with Crippen LogP contribution in [-0.4, -0.2) is 22.3 Å². The molecule has 3 nitrogen and oxygen atoms in total. The summed E-state index contributed by atoms with van der Waals surface area (Å²) in [6, 6.07) is 5.52. The summed E-state index contributed by atoms with van der Waals surface area (Å²) in [6.07, 6.45) is 4.43. The largest absolute Gasteiger partial charge is 0.338 e. The molecule has 0 radical (unpaired) electrons. The van der Waals surface area contributed by atoms with Gasteiger partial charge in [-0.3, -0.25) is 9.78 Å². The summed E-state index contributed by atoms with van der Waals surface area (Å²) >= 11 is 18.4. The van der Waals surface area contributed by atoms with Crippen molar-refractivity contribution in [1.82, 2.24) is 9.88 Å². The predicted octanol–water partition coefficient (Wildman–Crippen LogP) is 5.26. The highest BCUT2D eigenvalue weighted by molar-refractivity contribution is 6.34. The molecule has 2 aromatic rings. The SMILES string of the molecule is Cc1cc(Cl)cnc1CCCC(=O)N1CCc2c(Cl)ccc(Cl)c2C1. The van der Waals surface area contributed by atoms with E-state index in [1.807, 2.05) is 24.0 Å². The van der Waals surface area contributed by atoms with Crippen LogP contribution in [0.4, 0.5) is 0 Å². The lowest BCUT2D eigenvalue weighted by molar-refractivity contribution is -0.132. The summed E-state index contributed by atoms with van der Waals surface area (Å²) in [5.41, 5.74) is 4.10. The molecule has 0 atom stereocenters. The number of pyridine rings is 1. The fourth-order valence-corrected chi connectivity index (χ4v) is 3.92. The van der Waals surface area contributed by atoms with Crippen molar-refractivity contribution in [2.24, 2.45) is 0 Å². The molecule has 132 valence electrons. The van der Waals surface area contributed by atoms with Gasteiger partial charge in [-0.1, -0.05) is 34.8 Å². The Kier molecular flexibility index (Phi) is 5.88. The van der Waals surface area contributed by atoms with Gasteiger partial charge in [-0.15, -0.1) is 0 Å². The second-order valence-electron chi connectivity index (χ2n) is 6.32. The second kappa shape index (κ2) is 7.94. The molecule has 1 amide bonds. The third-order valence-corrected chi connectivity index (χ3v) is 5.52. The smallest absolute Gasteiger partial charge is 0.222 e. The van der Waals surface area contributed by atoms with Crippen LogP contribution in [0.3, 0.4) is 0 Å². The normalized spacial score (nSPS) is 13.7. The van der Waals surface area contributed by atoms with Gasteiger partial charge in [0.1, 0.15) is 0 Å². The van der Waals surface area contributed by atoms with Crippen molar-refractivity contribution < 1.29 is 4.79 Å². The van der Waals surface area contributed by atoms with E-state index < -0.39 is 0 Å². The number of aryl methyl sites for hydroxylation is 2. The van der Waals surface area contributed by atoms with Gasteiger partial charge in [-0.2, -0.15) is 0 Å². The molecule has 0 aliphatic carbocycles. The predicted molar refractivity (Wildman–Crippen MR) is 103 cm³/mol. The van der Waals surface area contributed by atoms with Gasteiger partial charge in [0.2, 0.25) is 5.91 Å². The maximum absolute atomic E-state index is 12.5. The molecule has 0 spiro atoms. The Morgan fingerprint density at radius 3 is 2.64 bits per heavy atom. The van der Waals surface area contributed by atoms with Gasteiger partial charge in [0, 0.05) is 41.4 Å². The Hall–Kier alpha value is -1.29. The lowest BCUT2D eigenvalue weighted by Gasteiger charge is -2.30. The van der Waals surface area contributed by atoms with E-state index in [1.165, 1.54) is 0 Å². The zero-order chi connectivity index (χ0) is 18.0. The first-order valence-electron chi connectivity index (χ1n) is 8.30. The van der Waals surface area contributed by atoms with Gasteiger partial charge in [0.15, 0.2) is 0 Å². The molecule has 3 rings (SSSR count). The molecule has 0 fully saturated rings. The van der Waals surface area contributed by atoms with Gasteiger partial charge in [-0.05, 0) is 61.1 Å². The van der Waals surface area contributed by atoms with Gasteiger partial charge in [0.25, 0.3) is 0 Å². The van der Waals surface area contributed by atoms with Crippen LogP contribution in [0.5, 0.6) is 0 Å². The molecule has 0 bridgehead atoms. The van der Waals surface area contributed by atoms with Crippen molar-refractivity contribution in [1.29, 1.82) is 0 Å². The first-order valence-corrected chi connectivity index (χ1v) is 9.43. The topological polar surface area (TPSA) is 33.2 Å². The van der Waals surface area contributed by atoms with Crippen LogP contribution in [0.15, 0.2) is 24.4 Å². The molecule has 1 aromatic heterocycles. The number of fused-ring (bicyclic) bond motifs is 1. The molecule has 0 unspecified atom stereocenters. The summed E-state index contributed by atoms with van der Waals surface area (Å²) in [4.78, 5) is 18.8. The number of carbonyl (C=O) groups excluding carboxylic acids is 1. The minimum absolute atomic E-state index is 0.147. The van der Waals surface area contributed by atoms with Crippen LogP contribution >= 0.6 is 34.8 Å². The van der Waals surface area contributed by atoms with Crippen LogP contribution in [-0.2, 0) is 24.2 Å². The summed E-state index contributed by atoms with van der Waals surface area (Å²) < 4.78 is 0. The molecular weight excluding hydrogens is 379 g/mol. The van der Waals surface area contributed by atoms with Crippen molar-refractivity contribution >= 4 is 40.7 Å². The highest BCUT2D eigenvalue weighted by Crippen LogP contribution is 2.32. The lowest BCUT2D eigenvalue weighted by Crippen LogP contribution is -2.36. The Labute approximate surface area is 162 Å². The van der Waals surface area contributed by atoms with E-state index in [9.17, 15) is 4.79 Å². The van der Waals surface area contributed by atoms with E-state index >= 15 is 0 Å². The molecule has 0 N–H and O–H groups in total. The van der Waals surface area contributed by atoms with Crippen molar-refractivity contribution in [3.05, 3.63) is 61.8 Å². The second-order valence-corrected chi connectivity index (χ2v) is 7.57. The minimum Gasteiger partial charge on any atom is -0.338 e. The number of nitrogens with zero attached hydrogens (tertiary/aromatic N) is 2. The highest BCUT2D eigenvalue weighted by atomic mass is 35.5. The van der Waals surface area contributed by atoms with E-state index in [1.54, 1.807) is 12.3 Å². The third kappa shape index (κ3) is 4.28. The fraction of sp³-hybridized carbons (Fsp3) is 0.368. The van der Waals surface area contributed by atoms with Crippen LogP contribution < -0.4 is 0 Å². The fourth-order valence-electron chi connectivity index (χ4n) is 3.20. The first kappa shape index (κ1) is 18.5. The van der Waals surface area contributed by atoms with Crippen LogP contribution in [0.2, 0.25) is 15.1 Å². The number of aromatic nitrogens is 1. The number of carbonyl (C=O) groups is 1. The maximum Gasteiger partial charge on any atom is 0.222 e. The van der Waals surface area contributed by atoms with Crippen molar-refractivity contribution in [2.75, 3.05) is 6.54 Å². The van der Waals surface area contributed by atoms with E-state index in [-0.39, 0.29) is 5.91 Å². The number of amides is 1. The molecule has 25 heavy (non-hydrogen) atoms. The summed E-state index contributed by atoms with van der Waals surface area (Å²) in [6.45, 7) is 3.21. The zero-order valence-electron chi connectivity index (χ0n) is 14.0. The molecule has 1 aliphatic rings. The van der Waals surface area contributed by atoms with E-state index in [0.717, 1.165) is 46.7 Å². The average Bonchev–Trinajstić information content (AvgIpc) is 2.59. The summed E-state index contributed by atoms with van der Waals surface area (Å²) in [5.74, 6) is 0.147. The lowest BCUT2D eigenvalue weighted by atomic mass is 9.99. The van der Waals surface area contributed by atoms with E-state index in [4.69, 9.17) is 34.8 Å². The highest BCUT2D eigenvalue weighted by Gasteiger charge is 2.23. The molecule has 1 aromatic carbocycles. The van der Waals surface area contributed by atoms with E-state index in [0.29, 0.717) is 29.6 Å². The van der Waals surface area contributed by atoms with Crippen LogP contribution in [0, 0.1) is 6.92 Å². The number of hydrogen-bond donors (Lipinski definition) is 0. The Morgan fingerprint density at radius 2 is 1.92 bits per heavy atom. The monoisotopic (exact) mass is 396 g/mol. The minimum atomic E-state index is 0.147. The van der Waals surface area contributed by atoms with E-state index in [2.05, 4.69) is 4.98 Å². The van der Waals surface area contributed by atoms with Gasteiger partial charge in [0.05, 0.1) is 5.02 Å². The van der Waals surface area contributed by atoms with Crippen molar-refractivity contribution in [3.8, 4) is 0 Å². The van der Waals surface area contributed by atoms with Gasteiger partial charge in [-0.25, -0.2) is 0 Å². The molecule has 1 aliphatic heterocycles. The zero-order valence-corrected chi connectivity index (χ0v) is 16.3. The Morgan fingerprint density at radius 1 is 1.20 bits per heavy atom. The van der Waals surface area contributed by atoms with Crippen LogP contribution in [0.1, 0.15) is 35.2 Å². The molecular formula is C19H19Cl3N2O. The molecule has 6 heteroatoms. The first-order chi connectivity index (χ1) is 12.0. The number of halogens is 3. The summed E-state index contributed by atoms with van der Waals surface area (Å²) in [7, 11) is 0.